The molecule has 9 nitrogen and oxygen atoms in total. The normalized spacial score (nSPS) is 17.8. The number of benzene rings is 1. The highest BCUT2D eigenvalue weighted by atomic mass is 19.3. The fraction of sp³-hybridized carbons (Fsp3) is 0.458. The molecule has 0 bridgehead atoms. The summed E-state index contributed by atoms with van der Waals surface area (Å²) in [6.07, 6.45) is 1.99. The van der Waals surface area contributed by atoms with Crippen molar-refractivity contribution in [2.45, 2.75) is 37.9 Å². The molecule has 0 saturated carbocycles. The molecule has 0 spiro atoms. The molecular formula is C24H26F3N7O2. The summed E-state index contributed by atoms with van der Waals surface area (Å²) in [4.78, 5) is 11.1. The Labute approximate surface area is 204 Å². The summed E-state index contributed by atoms with van der Waals surface area (Å²) in [5.41, 5.74) is 2.13. The van der Waals surface area contributed by atoms with E-state index >= 15 is 4.39 Å². The van der Waals surface area contributed by atoms with Gasteiger partial charge in [0, 0.05) is 19.1 Å². The zero-order chi connectivity index (χ0) is 24.8. The molecule has 0 amide bonds. The SMILES string of the molecule is COc1nc(NC2CCN(C3COC3)CC2)nn2cc(F)c(-c3ccc4ncn(CC(F)F)c4c3)c12. The van der Waals surface area contributed by atoms with Crippen LogP contribution in [0.15, 0.2) is 30.7 Å². The van der Waals surface area contributed by atoms with E-state index in [1.54, 1.807) is 18.2 Å². The van der Waals surface area contributed by atoms with E-state index in [1.807, 2.05) is 0 Å². The third kappa shape index (κ3) is 4.13. The van der Waals surface area contributed by atoms with Gasteiger partial charge < -0.3 is 19.4 Å². The van der Waals surface area contributed by atoms with Gasteiger partial charge in [0.2, 0.25) is 11.8 Å². The Morgan fingerprint density at radius 3 is 2.72 bits per heavy atom. The first-order valence-electron chi connectivity index (χ1n) is 11.9. The maximum atomic E-state index is 15.3. The molecule has 1 aromatic carbocycles. The van der Waals surface area contributed by atoms with Gasteiger partial charge >= 0.3 is 0 Å². The number of rotatable bonds is 7. The van der Waals surface area contributed by atoms with E-state index in [4.69, 9.17) is 9.47 Å². The summed E-state index contributed by atoms with van der Waals surface area (Å²) in [7, 11) is 1.47. The van der Waals surface area contributed by atoms with Gasteiger partial charge in [-0.05, 0) is 30.5 Å². The van der Waals surface area contributed by atoms with Crippen molar-refractivity contribution in [1.82, 2.24) is 29.0 Å². The van der Waals surface area contributed by atoms with Crippen LogP contribution in [0.3, 0.4) is 0 Å². The van der Waals surface area contributed by atoms with Crippen LogP contribution < -0.4 is 10.1 Å². The number of ether oxygens (including phenoxy) is 2. The van der Waals surface area contributed by atoms with Gasteiger partial charge in [-0.2, -0.15) is 4.98 Å². The van der Waals surface area contributed by atoms with Gasteiger partial charge in [-0.3, -0.25) is 4.90 Å². The van der Waals surface area contributed by atoms with Crippen molar-refractivity contribution in [3.63, 3.8) is 0 Å². The van der Waals surface area contributed by atoms with E-state index in [-0.39, 0.29) is 17.5 Å². The minimum absolute atomic E-state index is 0.196. The van der Waals surface area contributed by atoms with E-state index < -0.39 is 18.8 Å². The van der Waals surface area contributed by atoms with Crippen molar-refractivity contribution < 1.29 is 22.6 Å². The Morgan fingerprint density at radius 1 is 1.22 bits per heavy atom. The molecule has 5 heterocycles. The van der Waals surface area contributed by atoms with Crippen molar-refractivity contribution in [2.24, 2.45) is 0 Å². The molecule has 2 aliphatic heterocycles. The summed E-state index contributed by atoms with van der Waals surface area (Å²) in [5, 5.41) is 7.87. The monoisotopic (exact) mass is 501 g/mol. The van der Waals surface area contributed by atoms with Gasteiger partial charge in [-0.1, -0.05) is 6.07 Å². The van der Waals surface area contributed by atoms with Gasteiger partial charge in [0.25, 0.3) is 6.43 Å². The van der Waals surface area contributed by atoms with Crippen LogP contribution in [0.2, 0.25) is 0 Å². The van der Waals surface area contributed by atoms with Crippen LogP contribution in [0.25, 0.3) is 27.7 Å². The second kappa shape index (κ2) is 9.25. The first kappa shape index (κ1) is 23.0. The van der Waals surface area contributed by atoms with Crippen LogP contribution in [-0.2, 0) is 11.3 Å². The molecule has 2 fully saturated rings. The highest BCUT2D eigenvalue weighted by Crippen LogP contribution is 2.35. The number of hydrogen-bond donors (Lipinski definition) is 1. The van der Waals surface area contributed by atoms with Crippen molar-refractivity contribution in [3.8, 4) is 17.0 Å². The highest BCUT2D eigenvalue weighted by Gasteiger charge is 2.30. The molecule has 0 atom stereocenters. The second-order valence-electron chi connectivity index (χ2n) is 9.23. The Kier molecular flexibility index (Phi) is 5.92. The number of nitrogens with zero attached hydrogens (tertiary/aromatic N) is 6. The molecule has 190 valence electrons. The van der Waals surface area contributed by atoms with Crippen LogP contribution in [0.1, 0.15) is 12.8 Å². The number of piperidine rings is 1. The van der Waals surface area contributed by atoms with Crippen LogP contribution in [0, 0.1) is 5.82 Å². The minimum Gasteiger partial charge on any atom is -0.479 e. The number of methoxy groups -OCH3 is 1. The van der Waals surface area contributed by atoms with Crippen LogP contribution in [0.4, 0.5) is 19.1 Å². The van der Waals surface area contributed by atoms with E-state index in [2.05, 4.69) is 25.3 Å². The average molecular weight is 502 g/mol. The minimum atomic E-state index is -2.53. The zero-order valence-corrected chi connectivity index (χ0v) is 19.7. The predicted molar refractivity (Wildman–Crippen MR) is 127 cm³/mol. The molecule has 2 aliphatic rings. The Balaban J connectivity index is 1.30. The topological polar surface area (TPSA) is 81.7 Å². The maximum absolute atomic E-state index is 15.3. The molecule has 0 radical (unpaired) electrons. The Bertz CT molecular complexity index is 1390. The lowest BCUT2D eigenvalue weighted by Crippen LogP contribution is -2.53. The molecule has 3 aromatic heterocycles. The van der Waals surface area contributed by atoms with Crippen molar-refractivity contribution in [2.75, 3.05) is 38.7 Å². The lowest BCUT2D eigenvalue weighted by atomic mass is 10.0. The molecule has 0 aliphatic carbocycles. The lowest BCUT2D eigenvalue weighted by molar-refractivity contribution is -0.0705. The summed E-state index contributed by atoms with van der Waals surface area (Å²) in [6.45, 7) is 3.06. The third-order valence-electron chi connectivity index (χ3n) is 6.99. The van der Waals surface area contributed by atoms with E-state index in [0.717, 1.165) is 39.1 Å². The summed E-state index contributed by atoms with van der Waals surface area (Å²) < 4.78 is 54.9. The van der Waals surface area contributed by atoms with Gasteiger partial charge in [-0.25, -0.2) is 22.7 Å². The number of halogens is 3. The Morgan fingerprint density at radius 2 is 2.03 bits per heavy atom. The first-order valence-corrected chi connectivity index (χ1v) is 11.9. The fourth-order valence-electron chi connectivity index (χ4n) is 5.03. The van der Waals surface area contributed by atoms with Gasteiger partial charge in [0.05, 0.1) is 62.0 Å². The van der Waals surface area contributed by atoms with Crippen LogP contribution >= 0.6 is 0 Å². The summed E-state index contributed by atoms with van der Waals surface area (Å²) in [5.74, 6) is 0.0588. The number of fused-ring (bicyclic) bond motifs is 2. The molecule has 36 heavy (non-hydrogen) atoms. The largest absolute Gasteiger partial charge is 0.479 e. The summed E-state index contributed by atoms with van der Waals surface area (Å²) in [6, 6.07) is 5.75. The summed E-state index contributed by atoms with van der Waals surface area (Å²) >= 11 is 0. The van der Waals surface area contributed by atoms with Crippen molar-refractivity contribution >= 4 is 22.5 Å². The van der Waals surface area contributed by atoms with E-state index in [0.29, 0.717) is 34.1 Å². The number of anilines is 1. The average Bonchev–Trinajstić information content (AvgIpc) is 3.37. The van der Waals surface area contributed by atoms with E-state index in [9.17, 15) is 8.78 Å². The maximum Gasteiger partial charge on any atom is 0.256 e. The quantitative estimate of drug-likeness (QED) is 0.416. The number of hydrogen-bond acceptors (Lipinski definition) is 7. The zero-order valence-electron chi connectivity index (χ0n) is 19.7. The van der Waals surface area contributed by atoms with Crippen LogP contribution in [0.5, 0.6) is 5.88 Å². The first-order chi connectivity index (χ1) is 17.5. The number of nitrogens with one attached hydrogen (secondary N) is 1. The standard InChI is InChI=1S/C24H26F3N7O2/c1-35-23-22-21(14-2-3-18-19(8-14)33(13-28-18)10-20(26)27)17(25)9-34(22)31-24(30-23)29-15-4-6-32(7-5-15)16-11-36-12-16/h2-3,8-9,13,15-16,20H,4-7,10-12H2,1H3,(H,29,31). The molecule has 6 rings (SSSR count). The van der Waals surface area contributed by atoms with Gasteiger partial charge in [0.15, 0.2) is 5.82 Å². The third-order valence-corrected chi connectivity index (χ3v) is 6.99. The molecule has 12 heteroatoms. The van der Waals surface area contributed by atoms with E-state index in [1.165, 1.54) is 28.7 Å². The molecular weight excluding hydrogens is 475 g/mol. The van der Waals surface area contributed by atoms with Crippen molar-refractivity contribution in [3.05, 3.63) is 36.5 Å². The molecule has 4 aromatic rings. The van der Waals surface area contributed by atoms with Crippen LogP contribution in [-0.4, -0.2) is 81.0 Å². The van der Waals surface area contributed by atoms with Crippen molar-refractivity contribution in [1.29, 1.82) is 0 Å². The fourth-order valence-corrected chi connectivity index (χ4v) is 5.03. The van der Waals surface area contributed by atoms with Gasteiger partial charge in [0.1, 0.15) is 5.52 Å². The smallest absolute Gasteiger partial charge is 0.256 e. The number of likely N-dealkylation sites (tertiary alicyclic amines) is 1. The number of aromatic nitrogens is 5. The predicted octanol–water partition coefficient (Wildman–Crippen LogP) is 3.43. The highest BCUT2D eigenvalue weighted by molar-refractivity contribution is 5.90. The van der Waals surface area contributed by atoms with Gasteiger partial charge in [-0.15, -0.1) is 5.10 Å². The molecule has 0 unspecified atom stereocenters. The number of alkyl halides is 2. The number of imidazole rings is 1. The Hall–Kier alpha value is -3.38. The lowest BCUT2D eigenvalue weighted by Gasteiger charge is -2.41. The molecule has 2 saturated heterocycles. The molecule has 1 N–H and O–H groups in total. The second-order valence-corrected chi connectivity index (χ2v) is 9.23.